The van der Waals surface area contributed by atoms with E-state index in [0.717, 1.165) is 56.3 Å². The summed E-state index contributed by atoms with van der Waals surface area (Å²) in [5.41, 5.74) is 5.54. The van der Waals surface area contributed by atoms with Gasteiger partial charge in [-0.05, 0) is 58.5 Å². The fourth-order valence-electron chi connectivity index (χ4n) is 4.95. The van der Waals surface area contributed by atoms with Gasteiger partial charge in [-0.3, -0.25) is 0 Å². The average molecular weight is 438 g/mol. The Labute approximate surface area is 198 Å². The molecule has 34 heavy (non-hydrogen) atoms. The molecule has 7 rings (SSSR count). The molecule has 0 N–H and O–H groups in total. The molecule has 0 saturated carbocycles. The van der Waals surface area contributed by atoms with E-state index in [-0.39, 0.29) is 6.71 Å². The maximum absolute atomic E-state index is 6.45. The van der Waals surface area contributed by atoms with E-state index in [2.05, 4.69) is 42.5 Å². The summed E-state index contributed by atoms with van der Waals surface area (Å²) < 4.78 is 19.1. The van der Waals surface area contributed by atoms with Crippen molar-refractivity contribution in [3.05, 3.63) is 115 Å². The lowest BCUT2D eigenvalue weighted by Gasteiger charge is -2.33. The molecule has 2 aliphatic rings. The van der Waals surface area contributed by atoms with Gasteiger partial charge < -0.3 is 14.2 Å². The van der Waals surface area contributed by atoms with Crippen molar-refractivity contribution in [3.63, 3.8) is 0 Å². The maximum atomic E-state index is 6.45. The molecule has 0 saturated heterocycles. The summed E-state index contributed by atoms with van der Waals surface area (Å²) in [4.78, 5) is 0. The number of ether oxygens (including phenoxy) is 3. The molecule has 5 aromatic carbocycles. The van der Waals surface area contributed by atoms with Crippen molar-refractivity contribution in [1.82, 2.24) is 0 Å². The smallest absolute Gasteiger partial charge is 0.260 e. The number of benzene rings is 5. The van der Waals surface area contributed by atoms with E-state index in [9.17, 15) is 0 Å². The SMILES string of the molecule is c1ccc(-c2cccc(Oc3cccc4c3Oc3cccc5c3B4c3ccccc3O5)c2)cc1. The van der Waals surface area contributed by atoms with Gasteiger partial charge in [0.15, 0.2) is 11.5 Å². The van der Waals surface area contributed by atoms with Crippen LogP contribution in [0, 0.1) is 0 Å². The Hall–Kier alpha value is -4.44. The van der Waals surface area contributed by atoms with E-state index in [1.165, 1.54) is 0 Å². The summed E-state index contributed by atoms with van der Waals surface area (Å²) in [6, 6.07) is 38.8. The Kier molecular flexibility index (Phi) is 4.24. The van der Waals surface area contributed by atoms with Gasteiger partial charge in [-0.15, -0.1) is 0 Å². The van der Waals surface area contributed by atoms with Crippen LogP contribution in [0.2, 0.25) is 0 Å². The molecule has 0 aromatic heterocycles. The molecule has 0 fully saturated rings. The molecular formula is C30H19BO3. The monoisotopic (exact) mass is 438 g/mol. The molecular weight excluding hydrogens is 419 g/mol. The van der Waals surface area contributed by atoms with Crippen LogP contribution in [-0.2, 0) is 0 Å². The van der Waals surface area contributed by atoms with Gasteiger partial charge in [0.2, 0.25) is 0 Å². The van der Waals surface area contributed by atoms with E-state index >= 15 is 0 Å². The van der Waals surface area contributed by atoms with Gasteiger partial charge in [0.05, 0.1) is 0 Å². The van der Waals surface area contributed by atoms with Crippen LogP contribution in [0.15, 0.2) is 115 Å². The lowest BCUT2D eigenvalue weighted by Crippen LogP contribution is -2.57. The van der Waals surface area contributed by atoms with Gasteiger partial charge in [0, 0.05) is 5.46 Å². The summed E-state index contributed by atoms with van der Waals surface area (Å²) in [6.45, 7) is 0.0269. The molecule has 0 unspecified atom stereocenters. The first-order valence-electron chi connectivity index (χ1n) is 11.4. The van der Waals surface area contributed by atoms with Crippen LogP contribution in [0.4, 0.5) is 0 Å². The largest absolute Gasteiger partial charge is 0.458 e. The van der Waals surface area contributed by atoms with E-state index in [1.807, 2.05) is 72.8 Å². The highest BCUT2D eigenvalue weighted by Crippen LogP contribution is 2.40. The van der Waals surface area contributed by atoms with Crippen LogP contribution < -0.4 is 30.6 Å². The van der Waals surface area contributed by atoms with Crippen LogP contribution >= 0.6 is 0 Å². The lowest BCUT2D eigenvalue weighted by molar-refractivity contribution is 0.418. The summed E-state index contributed by atoms with van der Waals surface area (Å²) in [5, 5.41) is 0. The predicted octanol–water partition coefficient (Wildman–Crippen LogP) is 5.87. The van der Waals surface area contributed by atoms with Gasteiger partial charge in [0.25, 0.3) is 6.71 Å². The fraction of sp³-hybridized carbons (Fsp3) is 0. The van der Waals surface area contributed by atoms with E-state index in [4.69, 9.17) is 14.2 Å². The molecule has 160 valence electrons. The third-order valence-electron chi connectivity index (χ3n) is 6.47. The summed E-state index contributed by atoms with van der Waals surface area (Å²) in [5.74, 6) is 4.74. The second-order valence-corrected chi connectivity index (χ2v) is 8.51. The zero-order valence-electron chi connectivity index (χ0n) is 18.3. The molecule has 2 aliphatic heterocycles. The third-order valence-corrected chi connectivity index (χ3v) is 6.47. The van der Waals surface area contributed by atoms with Crippen LogP contribution in [0.5, 0.6) is 34.5 Å². The van der Waals surface area contributed by atoms with E-state index in [1.54, 1.807) is 0 Å². The maximum Gasteiger partial charge on any atom is 0.260 e. The lowest BCUT2D eigenvalue weighted by atomic mass is 9.35. The normalized spacial score (nSPS) is 12.5. The highest BCUT2D eigenvalue weighted by atomic mass is 16.5. The molecule has 0 amide bonds. The summed E-state index contributed by atoms with van der Waals surface area (Å²) in [7, 11) is 0. The van der Waals surface area contributed by atoms with Gasteiger partial charge in [-0.2, -0.15) is 0 Å². The van der Waals surface area contributed by atoms with Crippen LogP contribution in [0.3, 0.4) is 0 Å². The number of hydrogen-bond donors (Lipinski definition) is 0. The van der Waals surface area contributed by atoms with Crippen molar-refractivity contribution in [1.29, 1.82) is 0 Å². The quantitative estimate of drug-likeness (QED) is 0.323. The van der Waals surface area contributed by atoms with Crippen molar-refractivity contribution >= 4 is 23.1 Å². The first kappa shape index (κ1) is 19.1. The number of rotatable bonds is 3. The molecule has 0 radical (unpaired) electrons. The van der Waals surface area contributed by atoms with Crippen molar-refractivity contribution in [2.75, 3.05) is 0 Å². The van der Waals surface area contributed by atoms with Crippen molar-refractivity contribution in [2.45, 2.75) is 0 Å². The fourth-order valence-corrected chi connectivity index (χ4v) is 4.95. The van der Waals surface area contributed by atoms with Gasteiger partial charge in [0.1, 0.15) is 23.0 Å². The second kappa shape index (κ2) is 7.56. The Morgan fingerprint density at radius 1 is 0.529 bits per heavy atom. The topological polar surface area (TPSA) is 27.7 Å². The van der Waals surface area contributed by atoms with E-state index < -0.39 is 0 Å². The Morgan fingerprint density at radius 3 is 2.12 bits per heavy atom. The minimum atomic E-state index is 0.0269. The molecule has 3 nitrogen and oxygen atoms in total. The summed E-state index contributed by atoms with van der Waals surface area (Å²) >= 11 is 0. The van der Waals surface area contributed by atoms with Gasteiger partial charge in [-0.25, -0.2) is 0 Å². The van der Waals surface area contributed by atoms with E-state index in [0.29, 0.717) is 5.75 Å². The molecule has 0 atom stereocenters. The first-order valence-corrected chi connectivity index (χ1v) is 11.4. The predicted molar refractivity (Wildman–Crippen MR) is 136 cm³/mol. The van der Waals surface area contributed by atoms with Crippen molar-refractivity contribution in [3.8, 4) is 45.6 Å². The standard InChI is InChI=1S/C30H19BO3/c1-2-9-20(10-3-1)21-11-6-12-22(19-21)32-28-18-7-14-24-30(28)34-27-17-8-16-26-29(27)31(24)23-13-4-5-15-25(23)33-26/h1-19H. The first-order chi connectivity index (χ1) is 16.8. The van der Waals surface area contributed by atoms with Crippen molar-refractivity contribution in [2.24, 2.45) is 0 Å². The molecule has 0 aliphatic carbocycles. The molecule has 2 heterocycles. The van der Waals surface area contributed by atoms with Crippen LogP contribution in [0.1, 0.15) is 0 Å². The van der Waals surface area contributed by atoms with Gasteiger partial charge in [-0.1, -0.05) is 78.9 Å². The van der Waals surface area contributed by atoms with Crippen molar-refractivity contribution < 1.29 is 14.2 Å². The average Bonchev–Trinajstić information content (AvgIpc) is 2.90. The third kappa shape index (κ3) is 3.00. The summed E-state index contributed by atoms with van der Waals surface area (Å²) in [6.07, 6.45) is 0. The zero-order chi connectivity index (χ0) is 22.5. The molecule has 4 heteroatoms. The zero-order valence-corrected chi connectivity index (χ0v) is 18.3. The Morgan fingerprint density at radius 2 is 1.21 bits per heavy atom. The molecule has 0 spiro atoms. The van der Waals surface area contributed by atoms with Crippen LogP contribution in [-0.4, -0.2) is 6.71 Å². The van der Waals surface area contributed by atoms with Crippen LogP contribution in [0.25, 0.3) is 11.1 Å². The highest BCUT2D eigenvalue weighted by Gasteiger charge is 2.40. The number of fused-ring (bicyclic) bond motifs is 4. The van der Waals surface area contributed by atoms with Gasteiger partial charge >= 0.3 is 0 Å². The Balaban J connectivity index is 1.33. The second-order valence-electron chi connectivity index (χ2n) is 8.51. The Bertz CT molecular complexity index is 1540. The minimum absolute atomic E-state index is 0.0269. The number of hydrogen-bond acceptors (Lipinski definition) is 3. The highest BCUT2D eigenvalue weighted by molar-refractivity contribution is 6.98. The molecule has 5 aromatic rings. The minimum Gasteiger partial charge on any atom is -0.458 e. The number of para-hydroxylation sites is 2. The molecule has 0 bridgehead atoms.